The zero-order valence-corrected chi connectivity index (χ0v) is 16.6. The number of esters is 1. The van der Waals surface area contributed by atoms with Crippen molar-refractivity contribution in [1.29, 1.82) is 0 Å². The number of carbonyl (C=O) groups is 1. The third-order valence-corrected chi connectivity index (χ3v) is 3.77. The Labute approximate surface area is 159 Å². The van der Waals surface area contributed by atoms with Crippen molar-refractivity contribution in [3.8, 4) is 5.75 Å². The molecule has 27 heavy (non-hydrogen) atoms. The molecule has 0 fully saturated rings. The molecule has 0 aromatic heterocycles. The highest BCUT2D eigenvalue weighted by Gasteiger charge is 2.30. The quantitative estimate of drug-likeness (QED) is 0.505. The van der Waals surface area contributed by atoms with Gasteiger partial charge < -0.3 is 19.0 Å². The molecule has 150 valence electrons. The number of oxime groups is 1. The highest BCUT2D eigenvalue weighted by atomic mass is 19.1. The number of rotatable bonds is 8. The van der Waals surface area contributed by atoms with Crippen molar-refractivity contribution in [3.05, 3.63) is 29.6 Å². The van der Waals surface area contributed by atoms with E-state index >= 15 is 0 Å². The molecular formula is C20H28FNO5. The van der Waals surface area contributed by atoms with Gasteiger partial charge in [-0.1, -0.05) is 18.5 Å². The molecule has 1 aliphatic rings. The second-order valence-electron chi connectivity index (χ2n) is 7.42. The van der Waals surface area contributed by atoms with E-state index in [2.05, 4.69) is 12.1 Å². The lowest BCUT2D eigenvalue weighted by atomic mass is 10.0. The summed E-state index contributed by atoms with van der Waals surface area (Å²) < 4.78 is 30.8. The first-order valence-corrected chi connectivity index (χ1v) is 9.22. The van der Waals surface area contributed by atoms with Crippen LogP contribution in [0.5, 0.6) is 5.75 Å². The summed E-state index contributed by atoms with van der Waals surface area (Å²) >= 11 is 0. The maximum absolute atomic E-state index is 13.9. The Kier molecular flexibility index (Phi) is 7.18. The van der Waals surface area contributed by atoms with Crippen LogP contribution in [0.1, 0.15) is 53.0 Å². The predicted octanol–water partition coefficient (Wildman–Crippen LogP) is 3.85. The highest BCUT2D eigenvalue weighted by Crippen LogP contribution is 2.27. The van der Waals surface area contributed by atoms with Crippen LogP contribution in [0, 0.1) is 5.82 Å². The number of benzene rings is 1. The Hall–Kier alpha value is -2.15. The van der Waals surface area contributed by atoms with Gasteiger partial charge in [-0.25, -0.2) is 9.18 Å². The van der Waals surface area contributed by atoms with E-state index in [1.54, 1.807) is 27.7 Å². The maximum Gasteiger partial charge on any atom is 0.347 e. The molecule has 1 aromatic carbocycles. The largest absolute Gasteiger partial charge is 0.478 e. The van der Waals surface area contributed by atoms with Gasteiger partial charge in [-0.15, -0.1) is 0 Å². The van der Waals surface area contributed by atoms with E-state index in [0.717, 1.165) is 12.8 Å². The van der Waals surface area contributed by atoms with Gasteiger partial charge in [0.15, 0.2) is 6.10 Å². The lowest BCUT2D eigenvalue weighted by Crippen LogP contribution is -2.34. The van der Waals surface area contributed by atoms with E-state index < -0.39 is 29.6 Å². The highest BCUT2D eigenvalue weighted by molar-refractivity contribution is 6.06. The number of hydrogen-bond acceptors (Lipinski definition) is 6. The average molecular weight is 381 g/mol. The summed E-state index contributed by atoms with van der Waals surface area (Å²) in [5, 5.41) is 4.01. The van der Waals surface area contributed by atoms with E-state index in [-0.39, 0.29) is 6.61 Å². The molecular weight excluding hydrogens is 353 g/mol. The van der Waals surface area contributed by atoms with Gasteiger partial charge in [0, 0.05) is 12.2 Å². The summed E-state index contributed by atoms with van der Waals surface area (Å²) in [5.74, 6) is -0.620. The van der Waals surface area contributed by atoms with Crippen LogP contribution in [0.15, 0.2) is 23.4 Å². The molecule has 6 nitrogen and oxygen atoms in total. The molecule has 0 bridgehead atoms. The van der Waals surface area contributed by atoms with Crippen molar-refractivity contribution < 1.29 is 28.2 Å². The normalized spacial score (nSPS) is 17.9. The Balaban J connectivity index is 2.18. The zero-order chi connectivity index (χ0) is 20.0. The fraction of sp³-hybridized carbons (Fsp3) is 0.600. The summed E-state index contributed by atoms with van der Waals surface area (Å²) in [7, 11) is 0. The Bertz CT molecular complexity index is 683. The van der Waals surface area contributed by atoms with Gasteiger partial charge in [0.1, 0.15) is 35.6 Å². The number of ether oxygens (including phenoxy) is 3. The van der Waals surface area contributed by atoms with E-state index in [0.29, 0.717) is 23.6 Å². The van der Waals surface area contributed by atoms with Crippen molar-refractivity contribution in [2.75, 3.05) is 13.2 Å². The minimum absolute atomic E-state index is 0.261. The van der Waals surface area contributed by atoms with Crippen LogP contribution >= 0.6 is 0 Å². The lowest BCUT2D eigenvalue weighted by molar-refractivity contribution is -0.162. The first-order valence-electron chi connectivity index (χ1n) is 9.22. The second-order valence-corrected chi connectivity index (χ2v) is 7.42. The summed E-state index contributed by atoms with van der Waals surface area (Å²) in [6.07, 6.45) is 0.640. The number of hydrogen-bond donors (Lipinski definition) is 0. The molecule has 2 rings (SSSR count). The topological polar surface area (TPSA) is 66.3 Å². The van der Waals surface area contributed by atoms with Gasteiger partial charge in [-0.3, -0.25) is 0 Å². The molecule has 0 amide bonds. The van der Waals surface area contributed by atoms with Crippen LogP contribution in [0.4, 0.5) is 4.39 Å². The molecule has 1 aliphatic heterocycles. The summed E-state index contributed by atoms with van der Waals surface area (Å²) in [5.41, 5.74) is 0.239. The third kappa shape index (κ3) is 6.20. The van der Waals surface area contributed by atoms with E-state index in [9.17, 15) is 9.18 Å². The second kappa shape index (κ2) is 9.17. The molecule has 0 aliphatic carbocycles. The monoisotopic (exact) mass is 381 g/mol. The van der Waals surface area contributed by atoms with Crippen LogP contribution in [0.25, 0.3) is 0 Å². The van der Waals surface area contributed by atoms with Gasteiger partial charge in [0.05, 0.1) is 0 Å². The summed E-state index contributed by atoms with van der Waals surface area (Å²) in [4.78, 5) is 17.4. The number of unbranched alkanes of at least 4 members (excludes halogenated alkanes) is 1. The van der Waals surface area contributed by atoms with E-state index in [1.807, 2.05) is 0 Å². The zero-order valence-electron chi connectivity index (χ0n) is 16.6. The standard InChI is InChI=1S/C20H28FNO5/c1-6-7-10-24-17-12-25-22-18(17)15-11-14(21)8-9-16(15)26-13(2)19(23)27-20(3,4)5/h8-9,11,13,17H,6-7,10,12H2,1-5H3/t13-,17?/m0/s1. The van der Waals surface area contributed by atoms with Crippen molar-refractivity contribution in [2.24, 2.45) is 5.16 Å². The average Bonchev–Trinajstić information content (AvgIpc) is 3.03. The summed E-state index contributed by atoms with van der Waals surface area (Å²) in [6.45, 7) is 9.82. The molecule has 7 heteroatoms. The summed E-state index contributed by atoms with van der Waals surface area (Å²) in [6, 6.07) is 4.04. The molecule has 2 atom stereocenters. The number of nitrogens with zero attached hydrogens (tertiary/aromatic N) is 1. The molecule has 0 saturated carbocycles. The first kappa shape index (κ1) is 21.2. The minimum atomic E-state index is -0.865. The fourth-order valence-corrected chi connectivity index (χ4v) is 2.46. The Morgan fingerprint density at radius 1 is 1.41 bits per heavy atom. The fourth-order valence-electron chi connectivity index (χ4n) is 2.46. The van der Waals surface area contributed by atoms with Crippen LogP contribution in [-0.2, 0) is 19.1 Å². The number of halogens is 1. The lowest BCUT2D eigenvalue weighted by Gasteiger charge is -2.23. The molecule has 0 N–H and O–H groups in total. The SMILES string of the molecule is CCCCOC1CON=C1c1cc(F)ccc1O[C@@H](C)C(=O)OC(C)(C)C. The van der Waals surface area contributed by atoms with Crippen LogP contribution in [0.2, 0.25) is 0 Å². The van der Waals surface area contributed by atoms with E-state index in [4.69, 9.17) is 19.0 Å². The minimum Gasteiger partial charge on any atom is -0.478 e. The number of carbonyl (C=O) groups excluding carboxylic acids is 1. The molecule has 0 saturated heterocycles. The molecule has 1 unspecified atom stereocenters. The van der Waals surface area contributed by atoms with Crippen LogP contribution in [-0.4, -0.2) is 42.7 Å². The maximum atomic E-state index is 13.9. The van der Waals surface area contributed by atoms with Gasteiger partial charge in [-0.05, 0) is 52.3 Å². The van der Waals surface area contributed by atoms with Gasteiger partial charge in [0.2, 0.25) is 0 Å². The Morgan fingerprint density at radius 3 is 2.81 bits per heavy atom. The van der Waals surface area contributed by atoms with E-state index in [1.165, 1.54) is 18.2 Å². The smallest absolute Gasteiger partial charge is 0.347 e. The van der Waals surface area contributed by atoms with Crippen molar-refractivity contribution in [2.45, 2.75) is 65.3 Å². The third-order valence-electron chi connectivity index (χ3n) is 3.77. The molecule has 1 heterocycles. The van der Waals surface area contributed by atoms with Gasteiger partial charge >= 0.3 is 5.97 Å². The Morgan fingerprint density at radius 2 is 2.15 bits per heavy atom. The van der Waals surface area contributed by atoms with Crippen LogP contribution in [0.3, 0.4) is 0 Å². The van der Waals surface area contributed by atoms with Crippen LogP contribution < -0.4 is 4.74 Å². The molecule has 0 radical (unpaired) electrons. The van der Waals surface area contributed by atoms with Crippen molar-refractivity contribution in [1.82, 2.24) is 0 Å². The predicted molar refractivity (Wildman–Crippen MR) is 99.5 cm³/mol. The van der Waals surface area contributed by atoms with Crippen molar-refractivity contribution >= 4 is 11.7 Å². The van der Waals surface area contributed by atoms with Crippen molar-refractivity contribution in [3.63, 3.8) is 0 Å². The molecule has 1 aromatic rings. The van der Waals surface area contributed by atoms with Gasteiger partial charge in [0.25, 0.3) is 0 Å². The van der Waals surface area contributed by atoms with Gasteiger partial charge in [-0.2, -0.15) is 0 Å². The first-order chi connectivity index (χ1) is 12.7. The molecule has 0 spiro atoms.